The molecule has 0 atom stereocenters. The Labute approximate surface area is 147 Å². The van der Waals surface area contributed by atoms with Crippen LogP contribution in [0.5, 0.6) is 0 Å². The summed E-state index contributed by atoms with van der Waals surface area (Å²) < 4.78 is 31.5. The van der Waals surface area contributed by atoms with Crippen LogP contribution in [-0.2, 0) is 9.53 Å². The number of amides is 1. The van der Waals surface area contributed by atoms with Crippen molar-refractivity contribution in [3.05, 3.63) is 35.4 Å². The van der Waals surface area contributed by atoms with Crippen molar-refractivity contribution < 1.29 is 23.1 Å². The molecule has 1 heterocycles. The first kappa shape index (κ1) is 19.3. The minimum atomic E-state index is -1.03. The van der Waals surface area contributed by atoms with E-state index in [9.17, 15) is 18.4 Å². The van der Waals surface area contributed by atoms with Gasteiger partial charge in [0, 0.05) is 18.7 Å². The maximum Gasteiger partial charge on any atom is 0.309 e. The van der Waals surface area contributed by atoms with Crippen LogP contribution in [0, 0.1) is 17.6 Å². The van der Waals surface area contributed by atoms with Crippen molar-refractivity contribution in [1.82, 2.24) is 4.90 Å². The Balaban J connectivity index is 1.77. The third-order valence-corrected chi connectivity index (χ3v) is 4.52. The van der Waals surface area contributed by atoms with Crippen LogP contribution in [0.15, 0.2) is 18.2 Å². The van der Waals surface area contributed by atoms with Crippen LogP contribution in [0.2, 0.25) is 0 Å². The summed E-state index contributed by atoms with van der Waals surface area (Å²) in [6.07, 6.45) is 5.28. The molecule has 1 aliphatic heterocycles. The molecule has 1 aliphatic rings. The topological polar surface area (TPSA) is 46.6 Å². The standard InChI is InChI=1S/C19H25F2NO3/c1-2-3-4-5-12-25-19(24)14-8-10-22(11-9-14)18(23)15-6-7-16(20)17(21)13-15/h6-7,13-14H,2-5,8-12H2,1H3. The van der Waals surface area contributed by atoms with Gasteiger partial charge in [-0.1, -0.05) is 26.2 Å². The quantitative estimate of drug-likeness (QED) is 0.551. The zero-order valence-corrected chi connectivity index (χ0v) is 14.6. The van der Waals surface area contributed by atoms with E-state index in [1.165, 1.54) is 6.07 Å². The van der Waals surface area contributed by atoms with E-state index in [0.29, 0.717) is 32.5 Å². The van der Waals surface area contributed by atoms with Crippen LogP contribution in [0.3, 0.4) is 0 Å². The number of rotatable bonds is 7. The zero-order valence-electron chi connectivity index (χ0n) is 14.6. The molecule has 2 rings (SSSR count). The molecular weight excluding hydrogens is 328 g/mol. The Hall–Kier alpha value is -1.98. The lowest BCUT2D eigenvalue weighted by atomic mass is 9.96. The molecule has 1 saturated heterocycles. The van der Waals surface area contributed by atoms with E-state index >= 15 is 0 Å². The lowest BCUT2D eigenvalue weighted by Crippen LogP contribution is -2.40. The molecule has 6 heteroatoms. The van der Waals surface area contributed by atoms with Gasteiger partial charge < -0.3 is 9.64 Å². The molecule has 0 bridgehead atoms. The number of hydrogen-bond acceptors (Lipinski definition) is 3. The van der Waals surface area contributed by atoms with Crippen LogP contribution < -0.4 is 0 Å². The summed E-state index contributed by atoms with van der Waals surface area (Å²) in [4.78, 5) is 25.9. The molecule has 0 unspecified atom stereocenters. The number of piperidine rings is 1. The summed E-state index contributed by atoms with van der Waals surface area (Å²) >= 11 is 0. The minimum absolute atomic E-state index is 0.121. The van der Waals surface area contributed by atoms with Gasteiger partial charge in [-0.15, -0.1) is 0 Å². The normalized spacial score (nSPS) is 15.2. The third kappa shape index (κ3) is 5.51. The molecule has 4 nitrogen and oxygen atoms in total. The predicted molar refractivity (Wildman–Crippen MR) is 90.1 cm³/mol. The fraction of sp³-hybridized carbons (Fsp3) is 0.579. The Kier molecular flexibility index (Phi) is 7.34. The van der Waals surface area contributed by atoms with Crippen molar-refractivity contribution in [2.75, 3.05) is 19.7 Å². The van der Waals surface area contributed by atoms with Crippen LogP contribution >= 0.6 is 0 Å². The van der Waals surface area contributed by atoms with Gasteiger partial charge in [0.1, 0.15) is 0 Å². The Morgan fingerprint density at radius 3 is 2.48 bits per heavy atom. The summed E-state index contributed by atoms with van der Waals surface area (Å²) in [6, 6.07) is 3.14. The van der Waals surface area contributed by atoms with Gasteiger partial charge in [-0.2, -0.15) is 0 Å². The largest absolute Gasteiger partial charge is 0.465 e. The van der Waals surface area contributed by atoms with Crippen molar-refractivity contribution >= 4 is 11.9 Å². The number of hydrogen-bond donors (Lipinski definition) is 0. The van der Waals surface area contributed by atoms with Gasteiger partial charge in [-0.3, -0.25) is 9.59 Å². The molecule has 0 N–H and O–H groups in total. The Morgan fingerprint density at radius 2 is 1.84 bits per heavy atom. The van der Waals surface area contributed by atoms with Crippen molar-refractivity contribution in [3.63, 3.8) is 0 Å². The van der Waals surface area contributed by atoms with E-state index in [1.807, 2.05) is 0 Å². The summed E-state index contributed by atoms with van der Waals surface area (Å²) in [6.45, 7) is 3.40. The van der Waals surface area contributed by atoms with Gasteiger partial charge >= 0.3 is 5.97 Å². The van der Waals surface area contributed by atoms with Gasteiger partial charge in [0.15, 0.2) is 11.6 Å². The van der Waals surface area contributed by atoms with E-state index < -0.39 is 11.6 Å². The second-order valence-corrected chi connectivity index (χ2v) is 6.42. The monoisotopic (exact) mass is 353 g/mol. The molecule has 0 aliphatic carbocycles. The van der Waals surface area contributed by atoms with Gasteiger partial charge in [-0.25, -0.2) is 8.78 Å². The van der Waals surface area contributed by atoms with E-state index in [4.69, 9.17) is 4.74 Å². The highest BCUT2D eigenvalue weighted by atomic mass is 19.2. The smallest absolute Gasteiger partial charge is 0.309 e. The number of ether oxygens (including phenoxy) is 1. The van der Waals surface area contributed by atoms with Crippen molar-refractivity contribution in [2.24, 2.45) is 5.92 Å². The number of halogens is 2. The van der Waals surface area contributed by atoms with Crippen molar-refractivity contribution in [2.45, 2.75) is 45.4 Å². The maximum absolute atomic E-state index is 13.3. The molecule has 0 aromatic heterocycles. The van der Waals surface area contributed by atoms with E-state index in [0.717, 1.165) is 37.8 Å². The van der Waals surface area contributed by atoms with Crippen LogP contribution in [0.25, 0.3) is 0 Å². The second-order valence-electron chi connectivity index (χ2n) is 6.42. The average molecular weight is 353 g/mol. The third-order valence-electron chi connectivity index (χ3n) is 4.52. The number of carbonyl (C=O) groups is 2. The molecule has 0 saturated carbocycles. The Morgan fingerprint density at radius 1 is 1.12 bits per heavy atom. The first-order chi connectivity index (χ1) is 12.0. The highest BCUT2D eigenvalue weighted by molar-refractivity contribution is 5.94. The molecule has 25 heavy (non-hydrogen) atoms. The van der Waals surface area contributed by atoms with Gasteiger partial charge in [0.2, 0.25) is 0 Å². The van der Waals surface area contributed by atoms with Crippen LogP contribution in [0.1, 0.15) is 55.8 Å². The number of unbranched alkanes of at least 4 members (excludes halogenated alkanes) is 3. The highest BCUT2D eigenvalue weighted by Gasteiger charge is 2.29. The molecule has 0 spiro atoms. The summed E-state index contributed by atoms with van der Waals surface area (Å²) in [5.41, 5.74) is 0.121. The number of carbonyl (C=O) groups excluding carboxylic acids is 2. The molecule has 1 aromatic rings. The second kappa shape index (κ2) is 9.49. The lowest BCUT2D eigenvalue weighted by molar-refractivity contribution is -0.150. The number of benzene rings is 1. The van der Waals surface area contributed by atoms with Gasteiger partial charge in [0.25, 0.3) is 5.91 Å². The summed E-state index contributed by atoms with van der Waals surface area (Å²) in [5, 5.41) is 0. The van der Waals surface area contributed by atoms with E-state index in [-0.39, 0.29) is 23.4 Å². The van der Waals surface area contributed by atoms with Gasteiger partial charge in [-0.05, 0) is 37.5 Å². The molecule has 1 fully saturated rings. The van der Waals surface area contributed by atoms with E-state index in [1.54, 1.807) is 4.90 Å². The number of likely N-dealkylation sites (tertiary alicyclic amines) is 1. The maximum atomic E-state index is 13.3. The Bertz CT molecular complexity index is 598. The molecule has 1 amide bonds. The summed E-state index contributed by atoms with van der Waals surface area (Å²) in [5.74, 6) is -2.74. The van der Waals surface area contributed by atoms with E-state index in [2.05, 4.69) is 6.92 Å². The zero-order chi connectivity index (χ0) is 18.2. The van der Waals surface area contributed by atoms with Crippen molar-refractivity contribution in [1.29, 1.82) is 0 Å². The molecule has 0 radical (unpaired) electrons. The van der Waals surface area contributed by atoms with Crippen LogP contribution in [-0.4, -0.2) is 36.5 Å². The highest BCUT2D eigenvalue weighted by Crippen LogP contribution is 2.21. The fourth-order valence-electron chi connectivity index (χ4n) is 2.95. The minimum Gasteiger partial charge on any atom is -0.465 e. The number of esters is 1. The first-order valence-corrected chi connectivity index (χ1v) is 8.94. The SMILES string of the molecule is CCCCCCOC(=O)C1CCN(C(=O)c2ccc(F)c(F)c2)CC1. The first-order valence-electron chi connectivity index (χ1n) is 8.94. The average Bonchev–Trinajstić information content (AvgIpc) is 2.63. The molecule has 1 aromatic carbocycles. The van der Waals surface area contributed by atoms with Crippen LogP contribution in [0.4, 0.5) is 8.78 Å². The lowest BCUT2D eigenvalue weighted by Gasteiger charge is -2.31. The predicted octanol–water partition coefficient (Wildman–Crippen LogP) is 3.94. The fourth-order valence-corrected chi connectivity index (χ4v) is 2.95. The number of nitrogens with zero attached hydrogens (tertiary/aromatic N) is 1. The molecular formula is C19H25F2NO3. The molecule has 138 valence electrons. The summed E-state index contributed by atoms with van der Waals surface area (Å²) in [7, 11) is 0. The van der Waals surface area contributed by atoms with Crippen molar-refractivity contribution in [3.8, 4) is 0 Å². The van der Waals surface area contributed by atoms with Gasteiger partial charge in [0.05, 0.1) is 12.5 Å².